The normalized spacial score (nSPS) is 18.5. The van der Waals surface area contributed by atoms with Crippen molar-refractivity contribution in [2.45, 2.75) is 32.2 Å². The largest absolute Gasteiger partial charge is 0.357 e. The summed E-state index contributed by atoms with van der Waals surface area (Å²) in [4.78, 5) is 22.4. The number of hydrazine groups is 1. The predicted octanol–water partition coefficient (Wildman–Crippen LogP) is 0.0394. The van der Waals surface area contributed by atoms with Gasteiger partial charge in [-0.3, -0.25) is 4.79 Å². The Kier molecular flexibility index (Phi) is 4.16. The van der Waals surface area contributed by atoms with Gasteiger partial charge in [0.2, 0.25) is 5.91 Å². The van der Waals surface area contributed by atoms with Crippen LogP contribution in [0.1, 0.15) is 25.3 Å². The first-order valence-electron chi connectivity index (χ1n) is 6.51. The smallest absolute Gasteiger partial charge is 0.242 e. The highest BCUT2D eigenvalue weighted by Crippen LogP contribution is 2.29. The molecule has 7 nitrogen and oxygen atoms in total. The molecule has 0 bridgehead atoms. The molecule has 0 aliphatic carbocycles. The molecule has 1 fully saturated rings. The molecular formula is C12H20N6O. The highest BCUT2D eigenvalue weighted by molar-refractivity contribution is 5.85. The summed E-state index contributed by atoms with van der Waals surface area (Å²) in [6.45, 7) is 2.85. The van der Waals surface area contributed by atoms with Gasteiger partial charge in [-0.25, -0.2) is 15.8 Å². The van der Waals surface area contributed by atoms with E-state index >= 15 is 0 Å². The fourth-order valence-electron chi connectivity index (χ4n) is 2.56. The summed E-state index contributed by atoms with van der Waals surface area (Å²) in [7, 11) is 1.66. The molecule has 1 saturated heterocycles. The van der Waals surface area contributed by atoms with Gasteiger partial charge in [-0.1, -0.05) is 6.92 Å². The summed E-state index contributed by atoms with van der Waals surface area (Å²) in [5.74, 6) is 6.93. The van der Waals surface area contributed by atoms with Crippen molar-refractivity contribution in [3.05, 3.63) is 11.9 Å². The lowest BCUT2D eigenvalue weighted by Crippen LogP contribution is -2.42. The molecule has 1 aliphatic rings. The van der Waals surface area contributed by atoms with Crippen LogP contribution in [0.3, 0.4) is 0 Å². The number of nitrogens with zero attached hydrogens (tertiary/aromatic N) is 3. The van der Waals surface area contributed by atoms with Crippen LogP contribution in [0.5, 0.6) is 0 Å². The zero-order valence-corrected chi connectivity index (χ0v) is 11.3. The van der Waals surface area contributed by atoms with Crippen molar-refractivity contribution < 1.29 is 4.79 Å². The summed E-state index contributed by atoms with van der Waals surface area (Å²) in [5.41, 5.74) is 3.54. The molecule has 19 heavy (non-hydrogen) atoms. The van der Waals surface area contributed by atoms with Gasteiger partial charge in [0.05, 0.1) is 0 Å². The Morgan fingerprint density at radius 1 is 1.58 bits per heavy atom. The average Bonchev–Trinajstić information content (AvgIpc) is 2.94. The maximum Gasteiger partial charge on any atom is 0.242 e. The van der Waals surface area contributed by atoms with Crippen molar-refractivity contribution in [2.75, 3.05) is 23.9 Å². The minimum Gasteiger partial charge on any atom is -0.357 e. The lowest BCUT2D eigenvalue weighted by Gasteiger charge is -2.26. The fraction of sp³-hybridized carbons (Fsp3) is 0.583. The highest BCUT2D eigenvalue weighted by atomic mass is 16.2. The van der Waals surface area contributed by atoms with Crippen molar-refractivity contribution in [1.82, 2.24) is 15.3 Å². The first-order valence-corrected chi connectivity index (χ1v) is 6.51. The first kappa shape index (κ1) is 13.5. The van der Waals surface area contributed by atoms with Crippen molar-refractivity contribution in [3.63, 3.8) is 0 Å². The molecule has 4 N–H and O–H groups in total. The van der Waals surface area contributed by atoms with E-state index in [1.54, 1.807) is 7.05 Å². The molecule has 1 atom stereocenters. The van der Waals surface area contributed by atoms with Gasteiger partial charge in [-0.15, -0.1) is 0 Å². The van der Waals surface area contributed by atoms with Gasteiger partial charge >= 0.3 is 0 Å². The van der Waals surface area contributed by atoms with Gasteiger partial charge in [0.15, 0.2) is 0 Å². The third kappa shape index (κ3) is 2.46. The Morgan fingerprint density at radius 2 is 2.37 bits per heavy atom. The van der Waals surface area contributed by atoms with E-state index in [1.807, 2.05) is 11.8 Å². The van der Waals surface area contributed by atoms with Crippen LogP contribution in [0, 0.1) is 0 Å². The van der Waals surface area contributed by atoms with Crippen LogP contribution in [-0.4, -0.2) is 35.5 Å². The van der Waals surface area contributed by atoms with Crippen LogP contribution >= 0.6 is 0 Å². The van der Waals surface area contributed by atoms with Gasteiger partial charge in [0.1, 0.15) is 24.0 Å². The van der Waals surface area contributed by atoms with Gasteiger partial charge in [0.25, 0.3) is 0 Å². The fourth-order valence-corrected chi connectivity index (χ4v) is 2.56. The predicted molar refractivity (Wildman–Crippen MR) is 73.7 cm³/mol. The lowest BCUT2D eigenvalue weighted by molar-refractivity contribution is -0.121. The number of likely N-dealkylation sites (N-methyl/N-ethyl adjacent to an activating group) is 1. The maximum atomic E-state index is 11.9. The maximum absolute atomic E-state index is 11.9. The number of aromatic nitrogens is 2. The molecule has 7 heteroatoms. The molecule has 1 aliphatic heterocycles. The summed E-state index contributed by atoms with van der Waals surface area (Å²) in [6.07, 6.45) is 4.06. The van der Waals surface area contributed by atoms with E-state index < -0.39 is 0 Å². The standard InChI is InChI=1S/C12H20N6O/c1-3-8-10(17-13)15-7-16-11(8)18-6-4-5-9(18)12(19)14-2/h7,9H,3-6,13H2,1-2H3,(H,14,19)(H,15,16,17). The zero-order chi connectivity index (χ0) is 13.8. The first-order chi connectivity index (χ1) is 9.22. The summed E-state index contributed by atoms with van der Waals surface area (Å²) in [6, 6.07) is -0.157. The topological polar surface area (TPSA) is 96.2 Å². The Labute approximate surface area is 112 Å². The van der Waals surface area contributed by atoms with E-state index in [1.165, 1.54) is 6.33 Å². The van der Waals surface area contributed by atoms with Crippen LogP contribution in [0.15, 0.2) is 6.33 Å². The van der Waals surface area contributed by atoms with Crippen molar-refractivity contribution in [1.29, 1.82) is 0 Å². The number of anilines is 2. The molecule has 1 amide bonds. The van der Waals surface area contributed by atoms with Crippen molar-refractivity contribution in [2.24, 2.45) is 5.84 Å². The van der Waals surface area contributed by atoms with Crippen molar-refractivity contribution in [3.8, 4) is 0 Å². The monoisotopic (exact) mass is 264 g/mol. The number of nitrogens with one attached hydrogen (secondary N) is 2. The van der Waals surface area contributed by atoms with E-state index in [0.29, 0.717) is 5.82 Å². The van der Waals surface area contributed by atoms with Crippen molar-refractivity contribution >= 4 is 17.5 Å². The molecule has 0 radical (unpaired) electrons. The molecule has 0 aromatic carbocycles. The molecule has 1 aromatic heterocycles. The van der Waals surface area contributed by atoms with Crippen LogP contribution < -0.4 is 21.5 Å². The van der Waals surface area contributed by atoms with E-state index in [4.69, 9.17) is 5.84 Å². The third-order valence-corrected chi connectivity index (χ3v) is 3.49. The van der Waals surface area contributed by atoms with E-state index in [-0.39, 0.29) is 11.9 Å². The highest BCUT2D eigenvalue weighted by Gasteiger charge is 2.32. The van der Waals surface area contributed by atoms with Gasteiger partial charge in [0, 0.05) is 19.2 Å². The Bertz CT molecular complexity index is 464. The molecular weight excluding hydrogens is 244 g/mol. The summed E-state index contributed by atoms with van der Waals surface area (Å²) < 4.78 is 0. The van der Waals surface area contributed by atoms with Crippen LogP contribution in [0.2, 0.25) is 0 Å². The molecule has 1 unspecified atom stereocenters. The zero-order valence-electron chi connectivity index (χ0n) is 11.3. The second kappa shape index (κ2) is 5.83. The second-order valence-corrected chi connectivity index (χ2v) is 4.49. The molecule has 2 heterocycles. The number of amides is 1. The van der Waals surface area contributed by atoms with E-state index in [0.717, 1.165) is 37.2 Å². The molecule has 2 rings (SSSR count). The van der Waals surface area contributed by atoms with Gasteiger partial charge in [-0.05, 0) is 19.3 Å². The Hall–Kier alpha value is -1.89. The number of rotatable bonds is 4. The van der Waals surface area contributed by atoms with E-state index in [2.05, 4.69) is 20.7 Å². The number of hydrogen-bond acceptors (Lipinski definition) is 6. The Morgan fingerprint density at radius 3 is 3.00 bits per heavy atom. The molecule has 0 spiro atoms. The minimum absolute atomic E-state index is 0.0282. The molecule has 104 valence electrons. The van der Waals surface area contributed by atoms with Crippen LogP contribution in [-0.2, 0) is 11.2 Å². The van der Waals surface area contributed by atoms with Crippen LogP contribution in [0.25, 0.3) is 0 Å². The SMILES string of the molecule is CCc1c(NN)ncnc1N1CCCC1C(=O)NC. The third-order valence-electron chi connectivity index (χ3n) is 3.49. The minimum atomic E-state index is -0.157. The summed E-state index contributed by atoms with van der Waals surface area (Å²) >= 11 is 0. The number of hydrogen-bond donors (Lipinski definition) is 3. The van der Waals surface area contributed by atoms with Crippen LogP contribution in [0.4, 0.5) is 11.6 Å². The quantitative estimate of drug-likeness (QED) is 0.525. The summed E-state index contributed by atoms with van der Waals surface area (Å²) in [5, 5.41) is 2.71. The van der Waals surface area contributed by atoms with Gasteiger partial charge in [-0.2, -0.15) is 0 Å². The van der Waals surface area contributed by atoms with E-state index in [9.17, 15) is 4.79 Å². The second-order valence-electron chi connectivity index (χ2n) is 4.49. The lowest BCUT2D eigenvalue weighted by atomic mass is 10.1. The average molecular weight is 264 g/mol. The van der Waals surface area contributed by atoms with Gasteiger partial charge < -0.3 is 15.6 Å². The number of nitrogens with two attached hydrogens (primary N) is 1. The Balaban J connectivity index is 2.38. The number of carbonyl (C=O) groups excluding carboxylic acids is 1. The molecule has 1 aromatic rings. The molecule has 0 saturated carbocycles. The number of carbonyl (C=O) groups is 1. The number of nitrogen functional groups attached to an aromatic ring is 1.